The number of carbonyl (C=O) groups is 1. The molecule has 0 fully saturated rings. The first-order chi connectivity index (χ1) is 9.45. The maximum absolute atomic E-state index is 12.2. The highest BCUT2D eigenvalue weighted by Gasteiger charge is 2.20. The first-order valence-electron chi connectivity index (χ1n) is 6.91. The van der Waals surface area contributed by atoms with E-state index in [1.807, 2.05) is 39.8 Å². The molecule has 0 radical (unpaired) electrons. The zero-order chi connectivity index (χ0) is 14.9. The zero-order valence-electron chi connectivity index (χ0n) is 12.4. The Balaban J connectivity index is 2.36. The van der Waals surface area contributed by atoms with E-state index < -0.39 is 6.10 Å². The number of aliphatic hydroxyl groups excluding tert-OH is 1. The van der Waals surface area contributed by atoms with Crippen LogP contribution >= 0.6 is 0 Å². The quantitative estimate of drug-likeness (QED) is 0.902. The summed E-state index contributed by atoms with van der Waals surface area (Å²) in [6.45, 7) is 7.98. The van der Waals surface area contributed by atoms with Crippen LogP contribution in [0.25, 0.3) is 11.0 Å². The van der Waals surface area contributed by atoms with Gasteiger partial charge in [-0.2, -0.15) is 0 Å². The molecule has 1 heterocycles. The van der Waals surface area contributed by atoms with Crippen molar-refractivity contribution in [1.29, 1.82) is 0 Å². The minimum Gasteiger partial charge on any atom is -0.450 e. The van der Waals surface area contributed by atoms with Gasteiger partial charge < -0.3 is 14.8 Å². The van der Waals surface area contributed by atoms with E-state index in [4.69, 9.17) is 4.42 Å². The Labute approximate surface area is 118 Å². The largest absolute Gasteiger partial charge is 0.450 e. The summed E-state index contributed by atoms with van der Waals surface area (Å²) < 4.78 is 5.74. The van der Waals surface area contributed by atoms with Crippen LogP contribution in [0.1, 0.15) is 40.6 Å². The number of carbonyl (C=O) groups excluding carboxylic acids is 1. The average Bonchev–Trinajstić information content (AvgIpc) is 2.79. The van der Waals surface area contributed by atoms with Crippen molar-refractivity contribution in [1.82, 2.24) is 5.32 Å². The predicted molar refractivity (Wildman–Crippen MR) is 79.1 cm³/mol. The number of nitrogens with one attached hydrogen (secondary N) is 1. The van der Waals surface area contributed by atoms with Gasteiger partial charge in [0.25, 0.3) is 5.91 Å². The van der Waals surface area contributed by atoms with E-state index in [0.29, 0.717) is 12.2 Å². The number of hydrogen-bond acceptors (Lipinski definition) is 3. The van der Waals surface area contributed by atoms with Crippen molar-refractivity contribution in [2.24, 2.45) is 0 Å². The number of amides is 1. The van der Waals surface area contributed by atoms with Gasteiger partial charge in [-0.3, -0.25) is 4.79 Å². The molecule has 4 heteroatoms. The van der Waals surface area contributed by atoms with Crippen molar-refractivity contribution in [3.05, 3.63) is 34.6 Å². The smallest absolute Gasteiger partial charge is 0.287 e. The average molecular weight is 275 g/mol. The maximum Gasteiger partial charge on any atom is 0.287 e. The molecule has 0 aliphatic carbocycles. The fourth-order valence-electron chi connectivity index (χ4n) is 2.33. The standard InChI is InChI=1S/C16H21NO3/c1-5-12(18)8-17-16(19)15-11(4)13-9(2)6-7-10(3)14(13)20-15/h6-7,12,18H,5,8H2,1-4H3,(H,17,19)/t12-/m0/s1. The Bertz CT molecular complexity index is 643. The van der Waals surface area contributed by atoms with Crippen LogP contribution in [0.3, 0.4) is 0 Å². The molecule has 1 aromatic heterocycles. The third kappa shape index (κ3) is 2.56. The number of hydrogen-bond donors (Lipinski definition) is 2. The second-order valence-electron chi connectivity index (χ2n) is 5.23. The van der Waals surface area contributed by atoms with Crippen LogP contribution in [0.4, 0.5) is 0 Å². The number of rotatable bonds is 4. The van der Waals surface area contributed by atoms with Crippen molar-refractivity contribution in [2.45, 2.75) is 40.2 Å². The van der Waals surface area contributed by atoms with Crippen LogP contribution in [0.5, 0.6) is 0 Å². The molecule has 0 aliphatic rings. The molecule has 0 unspecified atom stereocenters. The zero-order valence-corrected chi connectivity index (χ0v) is 12.4. The van der Waals surface area contributed by atoms with E-state index in [0.717, 1.165) is 27.7 Å². The minimum absolute atomic E-state index is 0.240. The third-order valence-corrected chi connectivity index (χ3v) is 3.66. The van der Waals surface area contributed by atoms with Gasteiger partial charge in [0.2, 0.25) is 0 Å². The fraction of sp³-hybridized carbons (Fsp3) is 0.438. The van der Waals surface area contributed by atoms with Gasteiger partial charge in [0.05, 0.1) is 6.10 Å². The minimum atomic E-state index is -0.521. The van der Waals surface area contributed by atoms with Crippen LogP contribution in [0.15, 0.2) is 16.5 Å². The first kappa shape index (κ1) is 14.6. The van der Waals surface area contributed by atoms with Crippen molar-refractivity contribution in [2.75, 3.05) is 6.54 Å². The Morgan fingerprint density at radius 1 is 1.30 bits per heavy atom. The van der Waals surface area contributed by atoms with Gasteiger partial charge in [0.1, 0.15) is 5.58 Å². The molecule has 1 aromatic carbocycles. The Kier molecular flexibility index (Phi) is 4.14. The van der Waals surface area contributed by atoms with Gasteiger partial charge in [-0.1, -0.05) is 19.1 Å². The summed E-state index contributed by atoms with van der Waals surface area (Å²) in [6, 6.07) is 4.02. The number of aliphatic hydroxyl groups is 1. The molecule has 0 spiro atoms. The van der Waals surface area contributed by atoms with Crippen molar-refractivity contribution in [3.8, 4) is 0 Å². The van der Waals surface area contributed by atoms with Gasteiger partial charge in [-0.25, -0.2) is 0 Å². The first-order valence-corrected chi connectivity index (χ1v) is 6.91. The molecule has 0 aliphatic heterocycles. The van der Waals surface area contributed by atoms with E-state index in [1.54, 1.807) is 0 Å². The van der Waals surface area contributed by atoms with Crippen LogP contribution in [-0.4, -0.2) is 23.7 Å². The lowest BCUT2D eigenvalue weighted by Crippen LogP contribution is -2.31. The van der Waals surface area contributed by atoms with Gasteiger partial charge >= 0.3 is 0 Å². The molecule has 2 N–H and O–H groups in total. The van der Waals surface area contributed by atoms with E-state index in [9.17, 15) is 9.90 Å². The molecule has 2 rings (SSSR count). The summed E-state index contributed by atoms with van der Waals surface area (Å²) in [5.74, 6) is 0.0608. The molecular weight excluding hydrogens is 254 g/mol. The second kappa shape index (κ2) is 5.67. The van der Waals surface area contributed by atoms with E-state index in [-0.39, 0.29) is 12.5 Å². The van der Waals surface area contributed by atoms with Crippen molar-refractivity contribution >= 4 is 16.9 Å². The summed E-state index contributed by atoms with van der Waals surface area (Å²) in [7, 11) is 0. The Hall–Kier alpha value is -1.81. The highest BCUT2D eigenvalue weighted by atomic mass is 16.3. The monoisotopic (exact) mass is 275 g/mol. The second-order valence-corrected chi connectivity index (χ2v) is 5.23. The third-order valence-electron chi connectivity index (χ3n) is 3.66. The summed E-state index contributed by atoms with van der Waals surface area (Å²) in [5.41, 5.74) is 3.73. The van der Waals surface area contributed by atoms with Crippen LogP contribution in [0, 0.1) is 20.8 Å². The molecule has 20 heavy (non-hydrogen) atoms. The summed E-state index contributed by atoms with van der Waals surface area (Å²) in [5, 5.41) is 13.2. The number of benzene rings is 1. The molecule has 4 nitrogen and oxygen atoms in total. The molecule has 0 bridgehead atoms. The van der Waals surface area contributed by atoms with Crippen molar-refractivity contribution < 1.29 is 14.3 Å². The van der Waals surface area contributed by atoms with Gasteiger partial charge in [-0.05, 0) is 38.3 Å². The van der Waals surface area contributed by atoms with Gasteiger partial charge in [-0.15, -0.1) is 0 Å². The maximum atomic E-state index is 12.2. The molecule has 2 aromatic rings. The van der Waals surface area contributed by atoms with E-state index >= 15 is 0 Å². The van der Waals surface area contributed by atoms with E-state index in [1.165, 1.54) is 0 Å². The molecule has 1 atom stereocenters. The highest BCUT2D eigenvalue weighted by Crippen LogP contribution is 2.30. The molecule has 0 saturated carbocycles. The SMILES string of the molecule is CC[C@H](O)CNC(=O)c1oc2c(C)ccc(C)c2c1C. The van der Waals surface area contributed by atoms with E-state index in [2.05, 4.69) is 5.32 Å². The van der Waals surface area contributed by atoms with Gasteiger partial charge in [0.15, 0.2) is 5.76 Å². The molecule has 1 amide bonds. The lowest BCUT2D eigenvalue weighted by atomic mass is 10.0. The fourth-order valence-corrected chi connectivity index (χ4v) is 2.33. The highest BCUT2D eigenvalue weighted by molar-refractivity contribution is 6.00. The Morgan fingerprint density at radius 2 is 1.95 bits per heavy atom. The molecule has 108 valence electrons. The number of fused-ring (bicyclic) bond motifs is 1. The number of aryl methyl sites for hydroxylation is 3. The molecule has 0 saturated heterocycles. The van der Waals surface area contributed by atoms with Crippen molar-refractivity contribution in [3.63, 3.8) is 0 Å². The Morgan fingerprint density at radius 3 is 2.55 bits per heavy atom. The normalized spacial score (nSPS) is 12.7. The van der Waals surface area contributed by atoms with Gasteiger partial charge in [0, 0.05) is 17.5 Å². The summed E-state index contributed by atoms with van der Waals surface area (Å²) in [6.07, 6.45) is 0.0875. The lowest BCUT2D eigenvalue weighted by Gasteiger charge is -2.08. The van der Waals surface area contributed by atoms with Crippen LogP contribution in [-0.2, 0) is 0 Å². The summed E-state index contributed by atoms with van der Waals surface area (Å²) >= 11 is 0. The summed E-state index contributed by atoms with van der Waals surface area (Å²) in [4.78, 5) is 12.2. The molecular formula is C16H21NO3. The number of furan rings is 1. The predicted octanol–water partition coefficient (Wildman–Crippen LogP) is 2.86. The topological polar surface area (TPSA) is 62.5 Å². The van der Waals surface area contributed by atoms with Crippen LogP contribution in [0.2, 0.25) is 0 Å². The lowest BCUT2D eigenvalue weighted by molar-refractivity contribution is 0.0888. The van der Waals surface area contributed by atoms with Crippen LogP contribution < -0.4 is 5.32 Å².